The first-order valence-electron chi connectivity index (χ1n) is 9.65. The molecular formula is C21H23N3O5S. The summed E-state index contributed by atoms with van der Waals surface area (Å²) in [6.07, 6.45) is 3.64. The maximum Gasteiger partial charge on any atom is 0.271 e. The molecule has 0 aromatic heterocycles. The lowest BCUT2D eigenvalue weighted by molar-refractivity contribution is -0.384. The fourth-order valence-corrected chi connectivity index (χ4v) is 4.89. The molecular weight excluding hydrogens is 406 g/mol. The number of carbonyl (C=O) groups is 1. The van der Waals surface area contributed by atoms with Crippen molar-refractivity contribution in [3.8, 4) is 0 Å². The highest BCUT2D eigenvalue weighted by Gasteiger charge is 2.25. The normalized spacial score (nSPS) is 13.8. The SMILES string of the molecule is CCN(CC)S(=O)(=O)c1ccc(/C=C/C(=O)N2CCc3ccc([N+](=O)[O-])cc32)cc1. The fourth-order valence-electron chi connectivity index (χ4n) is 3.43. The summed E-state index contributed by atoms with van der Waals surface area (Å²) in [6, 6.07) is 10.9. The van der Waals surface area contributed by atoms with Crippen molar-refractivity contribution in [2.45, 2.75) is 25.2 Å². The zero-order valence-electron chi connectivity index (χ0n) is 16.8. The summed E-state index contributed by atoms with van der Waals surface area (Å²) >= 11 is 0. The van der Waals surface area contributed by atoms with Crippen LogP contribution in [0.2, 0.25) is 0 Å². The Morgan fingerprint density at radius 3 is 2.43 bits per heavy atom. The third-order valence-corrected chi connectivity index (χ3v) is 7.15. The van der Waals surface area contributed by atoms with Gasteiger partial charge in [0, 0.05) is 37.8 Å². The van der Waals surface area contributed by atoms with E-state index >= 15 is 0 Å². The third kappa shape index (κ3) is 4.27. The number of fused-ring (bicyclic) bond motifs is 1. The van der Waals surface area contributed by atoms with Crippen LogP contribution in [0.1, 0.15) is 25.0 Å². The van der Waals surface area contributed by atoms with Gasteiger partial charge in [0.2, 0.25) is 10.0 Å². The minimum absolute atomic E-state index is 0.0533. The van der Waals surface area contributed by atoms with Gasteiger partial charge in [-0.25, -0.2) is 8.42 Å². The van der Waals surface area contributed by atoms with E-state index in [0.717, 1.165) is 5.56 Å². The molecule has 1 aliphatic rings. The lowest BCUT2D eigenvalue weighted by Gasteiger charge is -2.18. The summed E-state index contributed by atoms with van der Waals surface area (Å²) in [7, 11) is -3.53. The number of hydrogen-bond donors (Lipinski definition) is 0. The average Bonchev–Trinajstić information content (AvgIpc) is 3.16. The Balaban J connectivity index is 1.76. The van der Waals surface area contributed by atoms with E-state index in [1.165, 1.54) is 39.5 Å². The molecule has 1 aliphatic heterocycles. The molecule has 0 unspecified atom stereocenters. The molecule has 1 amide bonds. The summed E-state index contributed by atoms with van der Waals surface area (Å²) in [5.41, 5.74) is 2.08. The first-order chi connectivity index (χ1) is 14.3. The molecule has 0 spiro atoms. The third-order valence-electron chi connectivity index (χ3n) is 5.08. The second kappa shape index (κ2) is 8.76. The Morgan fingerprint density at radius 2 is 1.83 bits per heavy atom. The Hall–Kier alpha value is -3.04. The van der Waals surface area contributed by atoms with Gasteiger partial charge in [-0.1, -0.05) is 32.0 Å². The standard InChI is InChI=1S/C21H23N3O5S/c1-3-22(4-2)30(28,29)19-10-5-16(6-11-19)7-12-21(25)23-14-13-17-8-9-18(24(26)27)15-20(17)23/h5-12,15H,3-4,13-14H2,1-2H3/b12-7+. The van der Waals surface area contributed by atoms with E-state index in [2.05, 4.69) is 0 Å². The van der Waals surface area contributed by atoms with Gasteiger partial charge >= 0.3 is 0 Å². The summed E-state index contributed by atoms with van der Waals surface area (Å²) < 4.78 is 26.5. The van der Waals surface area contributed by atoms with E-state index in [0.29, 0.717) is 37.3 Å². The van der Waals surface area contributed by atoms with Crippen molar-refractivity contribution in [3.05, 3.63) is 69.8 Å². The molecule has 0 saturated heterocycles. The molecule has 0 bridgehead atoms. The van der Waals surface area contributed by atoms with Crippen LogP contribution in [-0.2, 0) is 21.2 Å². The quantitative estimate of drug-likeness (QED) is 0.382. The van der Waals surface area contributed by atoms with Gasteiger partial charge in [0.05, 0.1) is 15.5 Å². The van der Waals surface area contributed by atoms with Gasteiger partial charge in [0.25, 0.3) is 11.6 Å². The fraction of sp³-hybridized carbons (Fsp3) is 0.286. The molecule has 9 heteroatoms. The highest BCUT2D eigenvalue weighted by atomic mass is 32.2. The maximum atomic E-state index is 12.6. The predicted octanol–water partition coefficient (Wildman–Crippen LogP) is 3.23. The Morgan fingerprint density at radius 1 is 1.17 bits per heavy atom. The van der Waals surface area contributed by atoms with E-state index in [4.69, 9.17) is 0 Å². The van der Waals surface area contributed by atoms with Crippen LogP contribution < -0.4 is 4.90 Å². The number of nitro benzene ring substituents is 1. The molecule has 0 atom stereocenters. The minimum atomic E-state index is -3.53. The van der Waals surface area contributed by atoms with Crippen LogP contribution in [0.25, 0.3) is 6.08 Å². The van der Waals surface area contributed by atoms with Crippen LogP contribution in [0, 0.1) is 10.1 Å². The number of carbonyl (C=O) groups excluding carboxylic acids is 1. The first kappa shape index (κ1) is 21.7. The molecule has 0 N–H and O–H groups in total. The molecule has 8 nitrogen and oxygen atoms in total. The van der Waals surface area contributed by atoms with Crippen LogP contribution >= 0.6 is 0 Å². The second-order valence-corrected chi connectivity index (χ2v) is 8.74. The van der Waals surface area contributed by atoms with Crippen LogP contribution in [0.3, 0.4) is 0 Å². The van der Waals surface area contributed by atoms with Crippen LogP contribution in [0.5, 0.6) is 0 Å². The number of hydrogen-bond acceptors (Lipinski definition) is 5. The molecule has 3 rings (SSSR count). The smallest absolute Gasteiger partial charge is 0.271 e. The van der Waals surface area contributed by atoms with Crippen molar-refractivity contribution in [1.82, 2.24) is 4.31 Å². The van der Waals surface area contributed by atoms with Crippen molar-refractivity contribution in [2.75, 3.05) is 24.5 Å². The van der Waals surface area contributed by atoms with Gasteiger partial charge in [-0.05, 0) is 35.8 Å². The average molecular weight is 429 g/mol. The van der Waals surface area contributed by atoms with Crippen molar-refractivity contribution < 1.29 is 18.1 Å². The van der Waals surface area contributed by atoms with Crippen molar-refractivity contribution in [2.24, 2.45) is 0 Å². The summed E-state index contributed by atoms with van der Waals surface area (Å²) in [6.45, 7) is 4.82. The monoisotopic (exact) mass is 429 g/mol. The van der Waals surface area contributed by atoms with Crippen molar-refractivity contribution in [3.63, 3.8) is 0 Å². The second-order valence-electron chi connectivity index (χ2n) is 6.80. The molecule has 0 aliphatic carbocycles. The Bertz CT molecular complexity index is 1090. The zero-order chi connectivity index (χ0) is 21.9. The number of sulfonamides is 1. The molecule has 0 fully saturated rings. The summed E-state index contributed by atoms with van der Waals surface area (Å²) in [5, 5.41) is 11.0. The number of benzene rings is 2. The van der Waals surface area contributed by atoms with E-state index in [-0.39, 0.29) is 16.5 Å². The van der Waals surface area contributed by atoms with E-state index in [1.807, 2.05) is 0 Å². The molecule has 1 heterocycles. The number of rotatable bonds is 7. The molecule has 0 radical (unpaired) electrons. The Labute approximate surface area is 175 Å². The number of anilines is 1. The van der Waals surface area contributed by atoms with E-state index in [1.54, 1.807) is 38.1 Å². The predicted molar refractivity (Wildman–Crippen MR) is 115 cm³/mol. The lowest BCUT2D eigenvalue weighted by atomic mass is 10.1. The van der Waals surface area contributed by atoms with Crippen molar-refractivity contribution >= 4 is 33.4 Å². The van der Waals surface area contributed by atoms with Gasteiger partial charge in [0.15, 0.2) is 0 Å². The van der Waals surface area contributed by atoms with Gasteiger partial charge in [-0.2, -0.15) is 4.31 Å². The van der Waals surface area contributed by atoms with Gasteiger partial charge in [-0.15, -0.1) is 0 Å². The highest BCUT2D eigenvalue weighted by Crippen LogP contribution is 2.32. The lowest BCUT2D eigenvalue weighted by Crippen LogP contribution is -2.30. The van der Waals surface area contributed by atoms with Gasteiger partial charge < -0.3 is 4.90 Å². The van der Waals surface area contributed by atoms with E-state index in [9.17, 15) is 23.3 Å². The number of non-ortho nitro benzene ring substituents is 1. The summed E-state index contributed by atoms with van der Waals surface area (Å²) in [4.78, 5) is 24.9. The molecule has 158 valence electrons. The van der Waals surface area contributed by atoms with Crippen LogP contribution in [0.4, 0.5) is 11.4 Å². The summed E-state index contributed by atoms with van der Waals surface area (Å²) in [5.74, 6) is -0.283. The minimum Gasteiger partial charge on any atom is -0.308 e. The van der Waals surface area contributed by atoms with Crippen LogP contribution in [-0.4, -0.2) is 43.2 Å². The van der Waals surface area contributed by atoms with E-state index < -0.39 is 14.9 Å². The van der Waals surface area contributed by atoms with Gasteiger partial charge in [0.1, 0.15) is 0 Å². The van der Waals surface area contributed by atoms with Gasteiger partial charge in [-0.3, -0.25) is 14.9 Å². The number of amides is 1. The maximum absolute atomic E-state index is 12.6. The number of nitrogens with zero attached hydrogens (tertiary/aromatic N) is 3. The topological polar surface area (TPSA) is 101 Å². The van der Waals surface area contributed by atoms with Crippen LogP contribution in [0.15, 0.2) is 53.4 Å². The zero-order valence-corrected chi connectivity index (χ0v) is 17.6. The number of nitro groups is 1. The largest absolute Gasteiger partial charge is 0.308 e. The first-order valence-corrected chi connectivity index (χ1v) is 11.1. The Kier molecular flexibility index (Phi) is 6.33. The molecule has 2 aromatic rings. The molecule has 30 heavy (non-hydrogen) atoms. The highest BCUT2D eigenvalue weighted by molar-refractivity contribution is 7.89. The molecule has 0 saturated carbocycles. The van der Waals surface area contributed by atoms with Crippen molar-refractivity contribution in [1.29, 1.82) is 0 Å². The molecule has 2 aromatic carbocycles.